The maximum absolute atomic E-state index is 12.9. The second kappa shape index (κ2) is 12.2. The summed E-state index contributed by atoms with van der Waals surface area (Å²) in [5, 5.41) is 17.3. The van der Waals surface area contributed by atoms with Gasteiger partial charge in [0.1, 0.15) is 4.75 Å². The molecule has 4 aromatic rings. The zero-order chi connectivity index (χ0) is 30.9. The van der Waals surface area contributed by atoms with E-state index < -0.39 is 30.2 Å². The van der Waals surface area contributed by atoms with Crippen molar-refractivity contribution in [1.29, 1.82) is 0 Å². The van der Waals surface area contributed by atoms with Gasteiger partial charge in [0.05, 0.1) is 35.4 Å². The lowest BCUT2D eigenvalue weighted by Crippen LogP contribution is -2.51. The van der Waals surface area contributed by atoms with Gasteiger partial charge in [-0.25, -0.2) is 14.6 Å². The molecule has 10 heteroatoms. The Hall–Kier alpha value is -2.60. The summed E-state index contributed by atoms with van der Waals surface area (Å²) in [6, 6.07) is 17.5. The Bertz CT molecular complexity index is 1530. The van der Waals surface area contributed by atoms with Crippen LogP contribution in [0, 0.1) is 0 Å². The molecule has 0 aliphatic rings. The van der Waals surface area contributed by atoms with E-state index in [-0.39, 0.29) is 5.04 Å². The average molecular weight is 608 g/mol. The minimum atomic E-state index is -1.91. The van der Waals surface area contributed by atoms with Crippen LogP contribution in [-0.4, -0.2) is 42.5 Å². The Morgan fingerprint density at radius 1 is 1.00 bits per heavy atom. The van der Waals surface area contributed by atoms with Gasteiger partial charge in [-0.3, -0.25) is 0 Å². The topological polar surface area (TPSA) is 108 Å². The third kappa shape index (κ3) is 7.12. The van der Waals surface area contributed by atoms with Gasteiger partial charge >= 0.3 is 0 Å². The Morgan fingerprint density at radius 3 is 2.38 bits per heavy atom. The van der Waals surface area contributed by atoms with Crippen molar-refractivity contribution in [2.75, 3.05) is 0 Å². The predicted octanol–water partition coefficient (Wildman–Crippen LogP) is 7.00. The van der Waals surface area contributed by atoms with Crippen molar-refractivity contribution in [3.8, 4) is 17.1 Å². The van der Waals surface area contributed by atoms with Crippen molar-refractivity contribution < 1.29 is 14.1 Å². The lowest BCUT2D eigenvalue weighted by Gasteiger charge is -2.36. The zero-order valence-electron chi connectivity index (χ0n) is 26.4. The van der Waals surface area contributed by atoms with Crippen molar-refractivity contribution in [3.63, 3.8) is 0 Å². The molecule has 0 amide bonds. The molecule has 0 saturated heterocycles. The molecule has 4 rings (SSSR count). The van der Waals surface area contributed by atoms with E-state index in [4.69, 9.17) is 14.4 Å². The Labute approximate surface area is 254 Å². The molecule has 0 radical (unpaired) electrons. The highest BCUT2D eigenvalue weighted by Crippen LogP contribution is 2.37. The standard InChI is InChI=1S/C32H45N5O3SSi/c1-10-19-32(38,36-41(39)30(2,3)4)28-15-12-14-26(35-28)23-17-18-24-21-33-37(27(24)20-23)29-16-11-13-25(34-29)22-40-42(8,9)31(5,6)7/h11-18,20-21,36,38H,10,19,22H2,1-9H3/t32?,41-/m1/s1. The van der Waals surface area contributed by atoms with E-state index in [0.29, 0.717) is 36.7 Å². The number of nitrogens with one attached hydrogen (secondary N) is 1. The average Bonchev–Trinajstić information content (AvgIpc) is 3.34. The first-order valence-electron chi connectivity index (χ1n) is 14.5. The van der Waals surface area contributed by atoms with Crippen LogP contribution in [-0.2, 0) is 28.1 Å². The summed E-state index contributed by atoms with van der Waals surface area (Å²) in [5.74, 6) is 0.714. The largest absolute Gasteiger partial charge is 0.598 e. The Morgan fingerprint density at radius 2 is 1.71 bits per heavy atom. The van der Waals surface area contributed by atoms with Crippen molar-refractivity contribution in [2.45, 2.75) is 96.5 Å². The van der Waals surface area contributed by atoms with Crippen LogP contribution in [0.5, 0.6) is 0 Å². The fourth-order valence-electron chi connectivity index (χ4n) is 4.22. The van der Waals surface area contributed by atoms with Gasteiger partial charge in [-0.05, 0) is 75.7 Å². The molecule has 0 bridgehead atoms. The zero-order valence-corrected chi connectivity index (χ0v) is 28.2. The molecule has 1 aromatic carbocycles. The molecule has 2 N–H and O–H groups in total. The quantitative estimate of drug-likeness (QED) is 0.113. The fraction of sp³-hybridized carbons (Fsp3) is 0.469. The van der Waals surface area contributed by atoms with Crippen LogP contribution in [0.1, 0.15) is 72.7 Å². The van der Waals surface area contributed by atoms with E-state index in [2.05, 4.69) is 43.7 Å². The molecule has 0 aliphatic carbocycles. The van der Waals surface area contributed by atoms with Crippen LogP contribution in [0.15, 0.2) is 60.8 Å². The molecule has 0 spiro atoms. The van der Waals surface area contributed by atoms with E-state index in [1.807, 2.05) is 87.1 Å². The highest BCUT2D eigenvalue weighted by Gasteiger charge is 2.40. The maximum atomic E-state index is 12.9. The number of aromatic nitrogens is 4. The summed E-state index contributed by atoms with van der Waals surface area (Å²) < 4.78 is 23.6. The van der Waals surface area contributed by atoms with Crippen LogP contribution in [0.4, 0.5) is 0 Å². The molecule has 8 nitrogen and oxygen atoms in total. The van der Waals surface area contributed by atoms with Gasteiger partial charge in [-0.15, -0.1) is 4.72 Å². The number of hydrogen-bond donors (Lipinski definition) is 2. The summed E-state index contributed by atoms with van der Waals surface area (Å²) in [4.78, 5) is 9.72. The second-order valence-electron chi connectivity index (χ2n) is 13.4. The van der Waals surface area contributed by atoms with Crippen LogP contribution in [0.2, 0.25) is 18.1 Å². The van der Waals surface area contributed by atoms with Crippen molar-refractivity contribution >= 4 is 30.6 Å². The van der Waals surface area contributed by atoms with E-state index in [1.54, 1.807) is 6.07 Å². The van der Waals surface area contributed by atoms with Gasteiger partial charge in [0.2, 0.25) is 0 Å². The number of rotatable bonds is 10. The van der Waals surface area contributed by atoms with Crippen molar-refractivity contribution in [3.05, 3.63) is 72.2 Å². The predicted molar refractivity (Wildman–Crippen MR) is 174 cm³/mol. The normalized spacial score (nSPS) is 15.1. The van der Waals surface area contributed by atoms with E-state index in [9.17, 15) is 9.66 Å². The van der Waals surface area contributed by atoms with Crippen LogP contribution >= 0.6 is 0 Å². The molecule has 42 heavy (non-hydrogen) atoms. The van der Waals surface area contributed by atoms with Gasteiger partial charge in [-0.2, -0.15) is 5.10 Å². The molecule has 2 atom stereocenters. The number of hydrogen-bond acceptors (Lipinski definition) is 7. The molecule has 0 saturated carbocycles. The summed E-state index contributed by atoms with van der Waals surface area (Å²) in [7, 11) is -1.91. The molecular weight excluding hydrogens is 563 g/mol. The van der Waals surface area contributed by atoms with Gasteiger partial charge in [0, 0.05) is 22.3 Å². The van der Waals surface area contributed by atoms with Gasteiger partial charge in [0.15, 0.2) is 19.9 Å². The number of nitrogens with zero attached hydrogens (tertiary/aromatic N) is 4. The van der Waals surface area contributed by atoms with E-state index in [0.717, 1.165) is 22.2 Å². The van der Waals surface area contributed by atoms with Crippen molar-refractivity contribution in [2.24, 2.45) is 0 Å². The fourth-order valence-corrected chi connectivity index (χ4v) is 5.98. The Kier molecular flexibility index (Phi) is 9.37. The number of benzene rings is 1. The maximum Gasteiger partial charge on any atom is 0.200 e. The molecular formula is C32H45N5O3SSi. The van der Waals surface area contributed by atoms with E-state index >= 15 is 0 Å². The SMILES string of the molecule is CCCC(O)(N[S@+]([O-])C(C)(C)C)c1cccc(-c2ccc3cnn(-c4cccc(CO[Si](C)(C)C(C)(C)C)n4)c3c2)n1. The van der Waals surface area contributed by atoms with Crippen LogP contribution < -0.4 is 4.72 Å². The molecule has 3 aromatic heterocycles. The summed E-state index contributed by atoms with van der Waals surface area (Å²) in [6.07, 6.45) is 2.89. The highest BCUT2D eigenvalue weighted by atomic mass is 32.2. The van der Waals surface area contributed by atoms with E-state index in [1.165, 1.54) is 0 Å². The highest BCUT2D eigenvalue weighted by molar-refractivity contribution is 7.90. The number of fused-ring (bicyclic) bond motifs is 1. The molecule has 0 aliphatic heterocycles. The summed E-state index contributed by atoms with van der Waals surface area (Å²) >= 11 is -1.48. The molecule has 1 unspecified atom stereocenters. The lowest BCUT2D eigenvalue weighted by atomic mass is 10.0. The number of pyridine rings is 2. The van der Waals surface area contributed by atoms with Gasteiger partial charge in [0.25, 0.3) is 0 Å². The molecule has 0 fully saturated rings. The molecule has 3 heterocycles. The van der Waals surface area contributed by atoms with Crippen molar-refractivity contribution in [1.82, 2.24) is 24.5 Å². The first-order valence-corrected chi connectivity index (χ1v) is 18.6. The minimum Gasteiger partial charge on any atom is -0.598 e. The Balaban J connectivity index is 1.66. The van der Waals surface area contributed by atoms with Gasteiger partial charge in [-0.1, -0.05) is 58.4 Å². The smallest absolute Gasteiger partial charge is 0.200 e. The molecule has 226 valence electrons. The second-order valence-corrected chi connectivity index (χ2v) is 20.1. The lowest BCUT2D eigenvalue weighted by molar-refractivity contribution is 0.0101. The van der Waals surface area contributed by atoms with Crippen LogP contribution in [0.3, 0.4) is 0 Å². The summed E-state index contributed by atoms with van der Waals surface area (Å²) in [5.41, 5.74) is 2.24. The first kappa shape index (κ1) is 32.3. The third-order valence-electron chi connectivity index (χ3n) is 7.87. The minimum absolute atomic E-state index is 0.122. The summed E-state index contributed by atoms with van der Waals surface area (Å²) in [6.45, 7) is 19.2. The third-order valence-corrected chi connectivity index (χ3v) is 14.0. The number of aliphatic hydroxyl groups is 1. The first-order chi connectivity index (χ1) is 19.5. The van der Waals surface area contributed by atoms with Crippen LogP contribution in [0.25, 0.3) is 28.0 Å². The monoisotopic (exact) mass is 607 g/mol. The van der Waals surface area contributed by atoms with Gasteiger partial charge < -0.3 is 14.1 Å².